The van der Waals surface area contributed by atoms with Crippen LogP contribution < -0.4 is 11.4 Å². The molecule has 1 aromatic rings. The van der Waals surface area contributed by atoms with Crippen molar-refractivity contribution in [2.24, 2.45) is 5.73 Å². The normalized spacial score (nSPS) is 11.0. The summed E-state index contributed by atoms with van der Waals surface area (Å²) < 4.78 is 3.32. The molecular weight excluding hydrogens is 154 g/mol. The largest absolute Gasteiger partial charge is 0.329 e. The molecule has 0 radical (unpaired) electrons. The van der Waals surface area contributed by atoms with Crippen LogP contribution in [0.15, 0.2) is 17.2 Å². The van der Waals surface area contributed by atoms with Crippen LogP contribution in [0.4, 0.5) is 0 Å². The number of nitrogens with zero attached hydrogens (tertiary/aromatic N) is 2. The van der Waals surface area contributed by atoms with Crippen LogP contribution in [0.1, 0.15) is 19.9 Å². The van der Waals surface area contributed by atoms with E-state index in [2.05, 4.69) is 0 Å². The smallest absolute Gasteiger partial charge is 0.328 e. The van der Waals surface area contributed by atoms with E-state index >= 15 is 0 Å². The van der Waals surface area contributed by atoms with E-state index in [1.165, 1.54) is 0 Å². The second kappa shape index (κ2) is 3.58. The number of hydrogen-bond acceptors (Lipinski definition) is 2. The highest BCUT2D eigenvalue weighted by Crippen LogP contribution is 1.98. The Morgan fingerprint density at radius 3 is 2.58 bits per heavy atom. The SMILES string of the molecule is CC(C)n1ccn(CCN)c1=O. The Morgan fingerprint density at radius 2 is 2.17 bits per heavy atom. The number of aromatic nitrogens is 2. The van der Waals surface area contributed by atoms with E-state index in [0.717, 1.165) is 0 Å². The van der Waals surface area contributed by atoms with Gasteiger partial charge in [-0.1, -0.05) is 0 Å². The molecule has 0 amide bonds. The second-order valence-electron chi connectivity index (χ2n) is 3.06. The first-order valence-electron chi connectivity index (χ1n) is 4.14. The van der Waals surface area contributed by atoms with Crippen LogP contribution >= 0.6 is 0 Å². The zero-order valence-corrected chi connectivity index (χ0v) is 7.53. The quantitative estimate of drug-likeness (QED) is 0.702. The van der Waals surface area contributed by atoms with E-state index in [9.17, 15) is 4.79 Å². The molecule has 4 nitrogen and oxygen atoms in total. The maximum absolute atomic E-state index is 11.5. The van der Waals surface area contributed by atoms with E-state index in [1.807, 2.05) is 13.8 Å². The van der Waals surface area contributed by atoms with Gasteiger partial charge in [-0.25, -0.2) is 4.79 Å². The van der Waals surface area contributed by atoms with Gasteiger partial charge in [-0.2, -0.15) is 0 Å². The van der Waals surface area contributed by atoms with E-state index in [-0.39, 0.29) is 11.7 Å². The van der Waals surface area contributed by atoms with Gasteiger partial charge in [-0.05, 0) is 13.8 Å². The molecule has 0 bridgehead atoms. The van der Waals surface area contributed by atoms with Crippen LogP contribution in [0.2, 0.25) is 0 Å². The topological polar surface area (TPSA) is 52.9 Å². The van der Waals surface area contributed by atoms with Gasteiger partial charge >= 0.3 is 5.69 Å². The number of hydrogen-bond donors (Lipinski definition) is 1. The predicted molar refractivity (Wildman–Crippen MR) is 48.1 cm³/mol. The van der Waals surface area contributed by atoms with Crippen LogP contribution in [0.5, 0.6) is 0 Å². The summed E-state index contributed by atoms with van der Waals surface area (Å²) in [5.74, 6) is 0. The number of rotatable bonds is 3. The monoisotopic (exact) mass is 169 g/mol. The molecule has 0 spiro atoms. The summed E-state index contributed by atoms with van der Waals surface area (Å²) in [6, 6.07) is 0.219. The average molecular weight is 169 g/mol. The average Bonchev–Trinajstić information content (AvgIpc) is 2.34. The Hall–Kier alpha value is -1.03. The highest BCUT2D eigenvalue weighted by molar-refractivity contribution is 4.83. The minimum atomic E-state index is 0.0236. The lowest BCUT2D eigenvalue weighted by atomic mass is 10.4. The van der Waals surface area contributed by atoms with Crippen molar-refractivity contribution in [1.29, 1.82) is 0 Å². The molecule has 0 aromatic carbocycles. The van der Waals surface area contributed by atoms with Crippen molar-refractivity contribution in [3.8, 4) is 0 Å². The molecule has 1 aromatic heterocycles. The molecule has 0 atom stereocenters. The maximum atomic E-state index is 11.5. The summed E-state index contributed by atoms with van der Waals surface area (Å²) in [6.07, 6.45) is 3.57. The number of nitrogens with two attached hydrogens (primary N) is 1. The lowest BCUT2D eigenvalue weighted by molar-refractivity contribution is 0.553. The van der Waals surface area contributed by atoms with Gasteiger partial charge in [-0.3, -0.25) is 9.13 Å². The van der Waals surface area contributed by atoms with Crippen molar-refractivity contribution < 1.29 is 0 Å². The molecule has 0 aliphatic carbocycles. The molecule has 1 heterocycles. The zero-order valence-electron chi connectivity index (χ0n) is 7.53. The fourth-order valence-electron chi connectivity index (χ4n) is 1.13. The van der Waals surface area contributed by atoms with Crippen LogP contribution in [0, 0.1) is 0 Å². The van der Waals surface area contributed by atoms with Gasteiger partial charge in [0.05, 0.1) is 0 Å². The van der Waals surface area contributed by atoms with Crippen LogP contribution in [-0.2, 0) is 6.54 Å². The first-order valence-corrected chi connectivity index (χ1v) is 4.14. The van der Waals surface area contributed by atoms with Gasteiger partial charge in [0.1, 0.15) is 0 Å². The molecule has 2 N–H and O–H groups in total. The van der Waals surface area contributed by atoms with Crippen molar-refractivity contribution in [2.45, 2.75) is 26.4 Å². The van der Waals surface area contributed by atoms with Gasteiger partial charge in [0, 0.05) is 31.5 Å². The predicted octanol–water partition coefficient (Wildman–Crippen LogP) is 0.189. The minimum Gasteiger partial charge on any atom is -0.329 e. The van der Waals surface area contributed by atoms with Gasteiger partial charge < -0.3 is 5.73 Å². The fraction of sp³-hybridized carbons (Fsp3) is 0.625. The number of imidazole rings is 1. The van der Waals surface area contributed by atoms with Crippen LogP contribution in [-0.4, -0.2) is 15.7 Å². The van der Waals surface area contributed by atoms with Crippen molar-refractivity contribution >= 4 is 0 Å². The van der Waals surface area contributed by atoms with Crippen molar-refractivity contribution in [2.75, 3.05) is 6.54 Å². The molecule has 0 fully saturated rings. The van der Waals surface area contributed by atoms with Crippen molar-refractivity contribution in [3.05, 3.63) is 22.9 Å². The Kier molecular flexibility index (Phi) is 2.70. The molecule has 0 aliphatic rings. The second-order valence-corrected chi connectivity index (χ2v) is 3.06. The lowest BCUT2D eigenvalue weighted by Gasteiger charge is -2.03. The zero-order chi connectivity index (χ0) is 9.14. The third kappa shape index (κ3) is 1.58. The summed E-state index contributed by atoms with van der Waals surface area (Å²) in [4.78, 5) is 11.5. The van der Waals surface area contributed by atoms with Gasteiger partial charge in [-0.15, -0.1) is 0 Å². The third-order valence-electron chi connectivity index (χ3n) is 1.80. The summed E-state index contributed by atoms with van der Waals surface area (Å²) in [5, 5.41) is 0. The Balaban J connectivity index is 2.97. The molecule has 0 saturated heterocycles. The molecule has 4 heteroatoms. The molecule has 1 rings (SSSR count). The molecular formula is C8H15N3O. The Morgan fingerprint density at radius 1 is 1.50 bits per heavy atom. The molecule has 68 valence electrons. The van der Waals surface area contributed by atoms with Gasteiger partial charge in [0.15, 0.2) is 0 Å². The first kappa shape index (κ1) is 9.06. The van der Waals surface area contributed by atoms with Gasteiger partial charge in [0.2, 0.25) is 0 Å². The third-order valence-corrected chi connectivity index (χ3v) is 1.80. The first-order chi connectivity index (χ1) is 5.66. The lowest BCUT2D eigenvalue weighted by Crippen LogP contribution is -2.27. The molecule has 0 aliphatic heterocycles. The molecule has 0 unspecified atom stereocenters. The summed E-state index contributed by atoms with van der Waals surface area (Å²) in [6.45, 7) is 5.06. The highest BCUT2D eigenvalue weighted by atomic mass is 16.1. The van der Waals surface area contributed by atoms with Crippen molar-refractivity contribution in [1.82, 2.24) is 9.13 Å². The van der Waals surface area contributed by atoms with Crippen LogP contribution in [0.3, 0.4) is 0 Å². The van der Waals surface area contributed by atoms with E-state index in [0.29, 0.717) is 13.1 Å². The van der Waals surface area contributed by atoms with E-state index in [1.54, 1.807) is 21.5 Å². The Bertz CT molecular complexity index is 297. The van der Waals surface area contributed by atoms with E-state index in [4.69, 9.17) is 5.73 Å². The fourth-order valence-corrected chi connectivity index (χ4v) is 1.13. The van der Waals surface area contributed by atoms with Crippen LogP contribution in [0.25, 0.3) is 0 Å². The standard InChI is InChI=1S/C8H15N3O/c1-7(2)11-6-5-10(4-3-9)8(11)12/h5-7H,3-4,9H2,1-2H3. The molecule has 0 saturated carbocycles. The summed E-state index contributed by atoms with van der Waals surface area (Å²) in [5.41, 5.74) is 5.37. The maximum Gasteiger partial charge on any atom is 0.328 e. The van der Waals surface area contributed by atoms with Crippen molar-refractivity contribution in [3.63, 3.8) is 0 Å². The molecule has 12 heavy (non-hydrogen) atoms. The summed E-state index contributed by atoms with van der Waals surface area (Å²) >= 11 is 0. The Labute approximate surface area is 71.6 Å². The van der Waals surface area contributed by atoms with Gasteiger partial charge in [0.25, 0.3) is 0 Å². The summed E-state index contributed by atoms with van der Waals surface area (Å²) in [7, 11) is 0. The minimum absolute atomic E-state index is 0.0236. The highest BCUT2D eigenvalue weighted by Gasteiger charge is 2.04. The van der Waals surface area contributed by atoms with E-state index < -0.39 is 0 Å².